The largest absolute Gasteiger partial charge is 0.416 e. The standard InChI is InChI=1S/C14H10BrF3N2O/c1-8-7-19-5-4-12(8)20-13(21)10-6-9(14(16,17)18)2-3-11(10)15/h2-7H,1H3,(H,19,20,21). The second-order valence-electron chi connectivity index (χ2n) is 4.34. The van der Waals surface area contributed by atoms with Crippen LogP contribution in [0.1, 0.15) is 21.5 Å². The molecule has 2 rings (SSSR count). The summed E-state index contributed by atoms with van der Waals surface area (Å²) >= 11 is 3.09. The van der Waals surface area contributed by atoms with Crippen LogP contribution in [0.15, 0.2) is 41.1 Å². The van der Waals surface area contributed by atoms with Crippen molar-refractivity contribution in [3.63, 3.8) is 0 Å². The number of nitrogens with zero attached hydrogens (tertiary/aromatic N) is 1. The van der Waals surface area contributed by atoms with Crippen molar-refractivity contribution >= 4 is 27.5 Å². The highest BCUT2D eigenvalue weighted by atomic mass is 79.9. The van der Waals surface area contributed by atoms with E-state index in [9.17, 15) is 18.0 Å². The van der Waals surface area contributed by atoms with Crippen LogP contribution in [0.25, 0.3) is 0 Å². The van der Waals surface area contributed by atoms with Gasteiger partial charge in [-0.2, -0.15) is 13.2 Å². The van der Waals surface area contributed by atoms with Crippen LogP contribution >= 0.6 is 15.9 Å². The topological polar surface area (TPSA) is 42.0 Å². The van der Waals surface area contributed by atoms with Crippen LogP contribution in [0.2, 0.25) is 0 Å². The first kappa shape index (κ1) is 15.5. The Balaban J connectivity index is 2.33. The minimum absolute atomic E-state index is 0.0824. The van der Waals surface area contributed by atoms with Crippen LogP contribution in [-0.2, 0) is 6.18 Å². The number of rotatable bonds is 2. The molecule has 0 atom stereocenters. The lowest BCUT2D eigenvalue weighted by Gasteiger charge is -2.12. The molecule has 2 aromatic rings. The Hall–Kier alpha value is -1.89. The molecule has 0 fully saturated rings. The Bertz CT molecular complexity index is 686. The summed E-state index contributed by atoms with van der Waals surface area (Å²) in [5.41, 5.74) is 0.261. The zero-order chi connectivity index (χ0) is 15.6. The number of anilines is 1. The molecule has 0 saturated heterocycles. The van der Waals surface area contributed by atoms with Crippen molar-refractivity contribution in [1.29, 1.82) is 0 Å². The average Bonchev–Trinajstić information content (AvgIpc) is 2.40. The first-order valence-corrected chi connectivity index (χ1v) is 6.67. The molecule has 0 bridgehead atoms. The fraction of sp³-hybridized carbons (Fsp3) is 0.143. The van der Waals surface area contributed by atoms with Crippen LogP contribution in [0, 0.1) is 6.92 Å². The lowest BCUT2D eigenvalue weighted by molar-refractivity contribution is -0.137. The zero-order valence-corrected chi connectivity index (χ0v) is 12.4. The highest BCUT2D eigenvalue weighted by Gasteiger charge is 2.31. The fourth-order valence-corrected chi connectivity index (χ4v) is 2.11. The van der Waals surface area contributed by atoms with Gasteiger partial charge in [-0.15, -0.1) is 0 Å². The highest BCUT2D eigenvalue weighted by Crippen LogP contribution is 2.32. The summed E-state index contributed by atoms with van der Waals surface area (Å²) in [6, 6.07) is 4.51. The molecule has 1 aromatic heterocycles. The first-order chi connectivity index (χ1) is 9.79. The summed E-state index contributed by atoms with van der Waals surface area (Å²) in [6.45, 7) is 1.74. The lowest BCUT2D eigenvalue weighted by Crippen LogP contribution is -2.15. The van der Waals surface area contributed by atoms with Gasteiger partial charge in [-0.05, 0) is 52.7 Å². The maximum atomic E-state index is 12.7. The molecule has 0 saturated carbocycles. The van der Waals surface area contributed by atoms with Crippen molar-refractivity contribution in [2.75, 3.05) is 5.32 Å². The van der Waals surface area contributed by atoms with Gasteiger partial charge in [-0.25, -0.2) is 0 Å². The van der Waals surface area contributed by atoms with E-state index >= 15 is 0 Å². The van der Waals surface area contributed by atoms with E-state index in [0.717, 1.165) is 12.1 Å². The summed E-state index contributed by atoms with van der Waals surface area (Å²) in [5.74, 6) is -0.623. The third kappa shape index (κ3) is 3.60. The number of amides is 1. The van der Waals surface area contributed by atoms with Crippen molar-refractivity contribution in [3.8, 4) is 0 Å². The third-order valence-electron chi connectivity index (χ3n) is 2.81. The Morgan fingerprint density at radius 3 is 2.62 bits per heavy atom. The van der Waals surface area contributed by atoms with Gasteiger partial charge in [-0.3, -0.25) is 9.78 Å². The zero-order valence-electron chi connectivity index (χ0n) is 10.8. The Labute approximate surface area is 127 Å². The number of aryl methyl sites for hydroxylation is 1. The number of carbonyl (C=O) groups excluding carboxylic acids is 1. The number of nitrogens with one attached hydrogen (secondary N) is 1. The van der Waals surface area contributed by atoms with Gasteiger partial charge >= 0.3 is 6.18 Å². The molecule has 3 nitrogen and oxygen atoms in total. The molecule has 1 aromatic carbocycles. The van der Waals surface area contributed by atoms with E-state index < -0.39 is 17.6 Å². The third-order valence-corrected chi connectivity index (χ3v) is 3.50. The van der Waals surface area contributed by atoms with Gasteiger partial charge in [0, 0.05) is 22.6 Å². The van der Waals surface area contributed by atoms with E-state index in [1.807, 2.05) is 0 Å². The van der Waals surface area contributed by atoms with Gasteiger partial charge in [0.15, 0.2) is 0 Å². The van der Waals surface area contributed by atoms with E-state index in [4.69, 9.17) is 0 Å². The minimum atomic E-state index is -4.50. The summed E-state index contributed by atoms with van der Waals surface area (Å²) in [4.78, 5) is 16.0. The van der Waals surface area contributed by atoms with E-state index in [0.29, 0.717) is 15.7 Å². The smallest absolute Gasteiger partial charge is 0.322 e. The molecule has 0 spiro atoms. The molecule has 0 aliphatic heterocycles. The molecular formula is C14H10BrF3N2O. The summed E-state index contributed by atoms with van der Waals surface area (Å²) in [7, 11) is 0. The van der Waals surface area contributed by atoms with Gasteiger partial charge in [0.1, 0.15) is 0 Å². The van der Waals surface area contributed by atoms with Gasteiger partial charge in [0.05, 0.1) is 11.1 Å². The second-order valence-corrected chi connectivity index (χ2v) is 5.19. The number of hydrogen-bond acceptors (Lipinski definition) is 2. The summed E-state index contributed by atoms with van der Waals surface area (Å²) < 4.78 is 38.4. The number of alkyl halides is 3. The maximum Gasteiger partial charge on any atom is 0.416 e. The van der Waals surface area contributed by atoms with E-state index in [2.05, 4.69) is 26.2 Å². The summed E-state index contributed by atoms with van der Waals surface area (Å²) in [6.07, 6.45) is -1.46. The molecule has 0 unspecified atom stereocenters. The quantitative estimate of drug-likeness (QED) is 0.862. The van der Waals surface area contributed by atoms with Gasteiger partial charge in [0.2, 0.25) is 0 Å². The Morgan fingerprint density at radius 2 is 2.00 bits per heavy atom. The monoisotopic (exact) mass is 358 g/mol. The normalized spacial score (nSPS) is 11.3. The molecule has 7 heteroatoms. The van der Waals surface area contributed by atoms with Crippen LogP contribution in [0.4, 0.5) is 18.9 Å². The molecule has 21 heavy (non-hydrogen) atoms. The number of aromatic nitrogens is 1. The van der Waals surface area contributed by atoms with Crippen molar-refractivity contribution in [2.45, 2.75) is 13.1 Å². The van der Waals surface area contributed by atoms with Crippen molar-refractivity contribution in [3.05, 3.63) is 57.8 Å². The minimum Gasteiger partial charge on any atom is -0.322 e. The van der Waals surface area contributed by atoms with E-state index in [1.165, 1.54) is 12.3 Å². The van der Waals surface area contributed by atoms with Crippen LogP contribution in [-0.4, -0.2) is 10.9 Å². The number of carbonyl (C=O) groups is 1. The van der Waals surface area contributed by atoms with Crippen LogP contribution < -0.4 is 5.32 Å². The number of pyridine rings is 1. The number of hydrogen-bond donors (Lipinski definition) is 1. The molecule has 1 amide bonds. The van der Waals surface area contributed by atoms with Gasteiger partial charge in [0.25, 0.3) is 5.91 Å². The number of benzene rings is 1. The lowest BCUT2D eigenvalue weighted by atomic mass is 10.1. The molecule has 1 N–H and O–H groups in total. The van der Waals surface area contributed by atoms with Crippen LogP contribution in [0.3, 0.4) is 0 Å². The Kier molecular flexibility index (Phi) is 4.32. The number of halogens is 4. The molecule has 0 aliphatic carbocycles. The van der Waals surface area contributed by atoms with Crippen LogP contribution in [0.5, 0.6) is 0 Å². The predicted molar refractivity (Wildman–Crippen MR) is 76.1 cm³/mol. The van der Waals surface area contributed by atoms with Crippen molar-refractivity contribution in [2.24, 2.45) is 0 Å². The second kappa shape index (κ2) is 5.85. The molecule has 0 aliphatic rings. The highest BCUT2D eigenvalue weighted by molar-refractivity contribution is 9.10. The molecule has 110 valence electrons. The molecular weight excluding hydrogens is 349 g/mol. The molecule has 0 radical (unpaired) electrons. The van der Waals surface area contributed by atoms with E-state index in [1.54, 1.807) is 19.2 Å². The predicted octanol–water partition coefficient (Wildman–Crippen LogP) is 4.42. The molecule has 1 heterocycles. The first-order valence-electron chi connectivity index (χ1n) is 5.88. The van der Waals surface area contributed by atoms with Gasteiger partial charge < -0.3 is 5.32 Å². The SMILES string of the molecule is Cc1cnccc1NC(=O)c1cc(C(F)(F)F)ccc1Br. The van der Waals surface area contributed by atoms with Gasteiger partial charge in [-0.1, -0.05) is 0 Å². The van der Waals surface area contributed by atoms with Crippen molar-refractivity contribution in [1.82, 2.24) is 4.98 Å². The van der Waals surface area contributed by atoms with E-state index in [-0.39, 0.29) is 5.56 Å². The maximum absolute atomic E-state index is 12.7. The van der Waals surface area contributed by atoms with Crippen molar-refractivity contribution < 1.29 is 18.0 Å². The Morgan fingerprint density at radius 1 is 1.29 bits per heavy atom. The average molecular weight is 359 g/mol. The fourth-order valence-electron chi connectivity index (χ4n) is 1.68. The summed E-state index contributed by atoms with van der Waals surface area (Å²) in [5, 5.41) is 2.57.